The second-order valence-electron chi connectivity index (χ2n) is 10.3. The van der Waals surface area contributed by atoms with E-state index in [2.05, 4.69) is 21.3 Å². The molecule has 0 radical (unpaired) electrons. The Hall–Kier alpha value is -4.53. The standard InChI is InChI=1S/C31H45N7O7/c1-20(40)16-36-31(43)26(37-29(41)17-35-19-39)14-22-5-7-27(44-11-9-32)24(13-22)25-15-23(6-8-28(25)45-12-10-33)21(2)38(4)30(42)18-34-3/h5-8,13,15,19,21,26,34H,9-12,14,16-18,32-33H2,1-4H3,(H,35,39)(H,36,43)(H,37,41). The number of hydrogen-bond acceptors (Lipinski definition) is 10. The van der Waals surface area contributed by atoms with E-state index in [0.717, 1.165) is 5.56 Å². The number of ether oxygens (including phenoxy) is 2. The van der Waals surface area contributed by atoms with Gasteiger partial charge in [0.2, 0.25) is 24.1 Å². The van der Waals surface area contributed by atoms with E-state index in [0.29, 0.717) is 34.6 Å². The predicted molar refractivity (Wildman–Crippen MR) is 169 cm³/mol. The van der Waals surface area contributed by atoms with E-state index >= 15 is 0 Å². The number of carbonyl (C=O) groups excluding carboxylic acids is 5. The third-order valence-corrected chi connectivity index (χ3v) is 6.82. The second-order valence-corrected chi connectivity index (χ2v) is 10.3. The molecule has 0 aliphatic carbocycles. The summed E-state index contributed by atoms with van der Waals surface area (Å²) in [6, 6.07) is 9.59. The minimum absolute atomic E-state index is 0.0527. The molecular weight excluding hydrogens is 582 g/mol. The van der Waals surface area contributed by atoms with Gasteiger partial charge < -0.3 is 47.1 Å². The van der Waals surface area contributed by atoms with Crippen molar-refractivity contribution in [3.05, 3.63) is 47.5 Å². The van der Waals surface area contributed by atoms with Crippen LogP contribution < -0.4 is 42.2 Å². The number of nitrogens with two attached hydrogens (primary N) is 2. The lowest BCUT2D eigenvalue weighted by molar-refractivity contribution is -0.130. The van der Waals surface area contributed by atoms with Gasteiger partial charge in [-0.25, -0.2) is 0 Å². The van der Waals surface area contributed by atoms with Crippen molar-refractivity contribution in [3.63, 3.8) is 0 Å². The summed E-state index contributed by atoms with van der Waals surface area (Å²) >= 11 is 0. The highest BCUT2D eigenvalue weighted by Gasteiger charge is 2.24. The molecular formula is C31H45N7O7. The molecule has 0 saturated carbocycles. The molecule has 8 N–H and O–H groups in total. The van der Waals surface area contributed by atoms with Crippen LogP contribution in [-0.2, 0) is 30.4 Å². The lowest BCUT2D eigenvalue weighted by Gasteiger charge is -2.26. The van der Waals surface area contributed by atoms with Crippen LogP contribution in [0, 0.1) is 0 Å². The van der Waals surface area contributed by atoms with Crippen molar-refractivity contribution in [2.24, 2.45) is 11.5 Å². The van der Waals surface area contributed by atoms with Gasteiger partial charge in [0.15, 0.2) is 0 Å². The Bertz CT molecular complexity index is 1320. The summed E-state index contributed by atoms with van der Waals surface area (Å²) in [7, 11) is 3.44. The molecule has 0 aliphatic heterocycles. The summed E-state index contributed by atoms with van der Waals surface area (Å²) in [5, 5.41) is 10.3. The normalized spacial score (nSPS) is 12.0. The first-order valence-electron chi connectivity index (χ1n) is 14.6. The van der Waals surface area contributed by atoms with Gasteiger partial charge in [0.1, 0.15) is 36.5 Å². The first-order chi connectivity index (χ1) is 21.6. The summed E-state index contributed by atoms with van der Waals surface area (Å²) in [6.45, 7) is 3.95. The van der Waals surface area contributed by atoms with Gasteiger partial charge >= 0.3 is 0 Å². The quantitative estimate of drug-likeness (QED) is 0.101. The molecule has 4 amide bonds. The van der Waals surface area contributed by atoms with Crippen molar-refractivity contribution < 1.29 is 33.4 Å². The average Bonchev–Trinajstić information content (AvgIpc) is 3.03. The first kappa shape index (κ1) is 36.7. The largest absolute Gasteiger partial charge is 0.492 e. The van der Waals surface area contributed by atoms with Crippen molar-refractivity contribution in [1.29, 1.82) is 0 Å². The van der Waals surface area contributed by atoms with Gasteiger partial charge in [0.25, 0.3) is 0 Å². The monoisotopic (exact) mass is 627 g/mol. The minimum Gasteiger partial charge on any atom is -0.492 e. The molecule has 14 heteroatoms. The lowest BCUT2D eigenvalue weighted by Crippen LogP contribution is -2.50. The SMILES string of the molecule is CNCC(=O)N(C)C(C)c1ccc(OCCN)c(-c2cc(CC(NC(=O)CNC=O)C(=O)NCC(C)=O)ccc2OCCN)c1. The van der Waals surface area contributed by atoms with Crippen LogP contribution in [0.4, 0.5) is 0 Å². The second kappa shape index (κ2) is 19.0. The van der Waals surface area contributed by atoms with E-state index in [1.165, 1.54) is 6.92 Å². The van der Waals surface area contributed by atoms with Crippen molar-refractivity contribution in [1.82, 2.24) is 26.2 Å². The van der Waals surface area contributed by atoms with E-state index in [1.807, 2.05) is 31.2 Å². The van der Waals surface area contributed by atoms with E-state index in [1.54, 1.807) is 31.1 Å². The van der Waals surface area contributed by atoms with Crippen LogP contribution in [0.5, 0.6) is 11.5 Å². The van der Waals surface area contributed by atoms with E-state index in [4.69, 9.17) is 20.9 Å². The Morgan fingerprint density at radius 1 is 0.933 bits per heavy atom. The maximum absolute atomic E-state index is 13.0. The summed E-state index contributed by atoms with van der Waals surface area (Å²) in [6.07, 6.45) is 0.432. The molecule has 45 heavy (non-hydrogen) atoms. The molecule has 0 aromatic heterocycles. The van der Waals surface area contributed by atoms with Gasteiger partial charge in [0.05, 0.1) is 25.7 Å². The molecule has 0 fully saturated rings. The number of benzene rings is 2. The zero-order valence-corrected chi connectivity index (χ0v) is 26.3. The van der Waals surface area contributed by atoms with Crippen molar-refractivity contribution in [2.75, 3.05) is 60.0 Å². The Morgan fingerprint density at radius 3 is 2.13 bits per heavy atom. The fraction of sp³-hybridized carbons (Fsp3) is 0.452. The number of Topliss-reactive ketones (excluding diaryl/α,β-unsaturated/α-hetero) is 1. The molecule has 0 aliphatic rings. The van der Waals surface area contributed by atoms with Gasteiger partial charge in [-0.1, -0.05) is 12.1 Å². The maximum Gasteiger partial charge on any atom is 0.243 e. The molecule has 0 heterocycles. The number of amides is 4. The number of hydrogen-bond donors (Lipinski definition) is 6. The smallest absolute Gasteiger partial charge is 0.243 e. The number of ketones is 1. The highest BCUT2D eigenvalue weighted by molar-refractivity contribution is 5.91. The molecule has 2 aromatic rings. The third kappa shape index (κ3) is 11.5. The molecule has 0 spiro atoms. The predicted octanol–water partition coefficient (Wildman–Crippen LogP) is -0.754. The van der Waals surface area contributed by atoms with Crippen LogP contribution in [0.1, 0.15) is 31.0 Å². The molecule has 2 rings (SSSR count). The van der Waals surface area contributed by atoms with Crippen molar-refractivity contribution in [2.45, 2.75) is 32.4 Å². The number of carbonyl (C=O) groups is 5. The van der Waals surface area contributed by atoms with Gasteiger partial charge in [0, 0.05) is 37.7 Å². The van der Waals surface area contributed by atoms with Crippen LogP contribution >= 0.6 is 0 Å². The van der Waals surface area contributed by atoms with Gasteiger partial charge in [-0.2, -0.15) is 0 Å². The van der Waals surface area contributed by atoms with E-state index in [-0.39, 0.29) is 70.1 Å². The highest BCUT2D eigenvalue weighted by atomic mass is 16.5. The maximum atomic E-state index is 13.0. The molecule has 0 bridgehead atoms. The summed E-state index contributed by atoms with van der Waals surface area (Å²) in [4.78, 5) is 61.8. The van der Waals surface area contributed by atoms with Crippen LogP contribution in [0.15, 0.2) is 36.4 Å². The third-order valence-electron chi connectivity index (χ3n) is 6.82. The number of nitrogens with one attached hydrogen (secondary N) is 4. The molecule has 14 nitrogen and oxygen atoms in total. The minimum atomic E-state index is -1.06. The van der Waals surface area contributed by atoms with Crippen LogP contribution in [-0.4, -0.2) is 101 Å². The molecule has 246 valence electrons. The van der Waals surface area contributed by atoms with E-state index in [9.17, 15) is 24.0 Å². The zero-order valence-electron chi connectivity index (χ0n) is 26.3. The summed E-state index contributed by atoms with van der Waals surface area (Å²) in [5.74, 6) is -0.445. The highest BCUT2D eigenvalue weighted by Crippen LogP contribution is 2.39. The molecule has 2 unspecified atom stereocenters. The van der Waals surface area contributed by atoms with Crippen LogP contribution in [0.2, 0.25) is 0 Å². The van der Waals surface area contributed by atoms with Crippen molar-refractivity contribution >= 4 is 29.9 Å². The lowest BCUT2D eigenvalue weighted by atomic mass is 9.94. The van der Waals surface area contributed by atoms with Crippen molar-refractivity contribution in [3.8, 4) is 22.6 Å². The Labute approximate surface area is 263 Å². The summed E-state index contributed by atoms with van der Waals surface area (Å²) in [5.41, 5.74) is 14.2. The number of likely N-dealkylation sites (N-methyl/N-ethyl adjacent to an activating group) is 2. The zero-order chi connectivity index (χ0) is 33.4. The topological polar surface area (TPSA) is 207 Å². The van der Waals surface area contributed by atoms with E-state index < -0.39 is 17.9 Å². The first-order valence-corrected chi connectivity index (χ1v) is 14.6. The van der Waals surface area contributed by atoms with Gasteiger partial charge in [-0.05, 0) is 56.3 Å². The number of nitrogens with zero attached hydrogens (tertiary/aromatic N) is 1. The summed E-state index contributed by atoms with van der Waals surface area (Å²) < 4.78 is 12.0. The molecule has 2 aromatic carbocycles. The fourth-order valence-electron chi connectivity index (χ4n) is 4.40. The van der Waals surface area contributed by atoms with Crippen LogP contribution in [0.3, 0.4) is 0 Å². The fourth-order valence-corrected chi connectivity index (χ4v) is 4.40. The molecule has 0 saturated heterocycles. The Kier molecular flexibility index (Phi) is 15.5. The van der Waals surface area contributed by atoms with Gasteiger partial charge in [-0.15, -0.1) is 0 Å². The Morgan fingerprint density at radius 2 is 1.56 bits per heavy atom. The average molecular weight is 628 g/mol. The van der Waals surface area contributed by atoms with Crippen LogP contribution in [0.25, 0.3) is 11.1 Å². The van der Waals surface area contributed by atoms with Gasteiger partial charge in [-0.3, -0.25) is 24.0 Å². The number of rotatable bonds is 20. The Balaban J connectivity index is 2.62. The molecule has 2 atom stereocenters.